The van der Waals surface area contributed by atoms with Crippen LogP contribution in [0.5, 0.6) is 0 Å². The highest BCUT2D eigenvalue weighted by molar-refractivity contribution is 5.63. The molecule has 150 valence electrons. The topological polar surface area (TPSA) is 66.0 Å². The molecule has 2 heterocycles. The molecule has 0 aliphatic carbocycles. The summed E-state index contributed by atoms with van der Waals surface area (Å²) in [4.78, 5) is 7.02. The van der Waals surface area contributed by atoms with E-state index in [1.54, 1.807) is 6.20 Å². The van der Waals surface area contributed by atoms with Gasteiger partial charge in [-0.25, -0.2) is 0 Å². The molecule has 0 atom stereocenters. The quantitative estimate of drug-likeness (QED) is 0.583. The number of benzene rings is 2. The van der Waals surface area contributed by atoms with Gasteiger partial charge in [-0.15, -0.1) is 5.10 Å². The van der Waals surface area contributed by atoms with E-state index >= 15 is 0 Å². The lowest BCUT2D eigenvalue weighted by atomic mass is 10.0. The van der Waals surface area contributed by atoms with E-state index in [-0.39, 0.29) is 0 Å². The molecule has 0 spiro atoms. The fourth-order valence-corrected chi connectivity index (χ4v) is 3.71. The van der Waals surface area contributed by atoms with Gasteiger partial charge in [0.15, 0.2) is 5.82 Å². The van der Waals surface area contributed by atoms with Gasteiger partial charge in [0.2, 0.25) is 5.95 Å². The highest BCUT2D eigenvalue weighted by Gasteiger charge is 2.11. The Labute approximate surface area is 172 Å². The van der Waals surface area contributed by atoms with Gasteiger partial charge in [0.1, 0.15) is 0 Å². The summed E-state index contributed by atoms with van der Waals surface area (Å²) in [6.45, 7) is 6.65. The highest BCUT2D eigenvalue weighted by Crippen LogP contribution is 2.27. The molecular weight excluding hydrogens is 360 g/mol. The normalized spacial score (nSPS) is 14.1. The lowest BCUT2D eigenvalue weighted by Crippen LogP contribution is -2.29. The number of para-hydroxylation sites is 1. The fourth-order valence-electron chi connectivity index (χ4n) is 3.71. The number of hydrogen-bond acceptors (Lipinski definition) is 6. The Hall–Kier alpha value is -3.15. The molecule has 1 aliphatic rings. The van der Waals surface area contributed by atoms with Gasteiger partial charge in [-0.2, -0.15) is 10.1 Å². The molecule has 1 aromatic heterocycles. The Morgan fingerprint density at radius 1 is 0.897 bits per heavy atom. The zero-order valence-corrected chi connectivity index (χ0v) is 17.1. The monoisotopic (exact) mass is 388 g/mol. The third-order valence-electron chi connectivity index (χ3n) is 5.25. The molecule has 3 aromatic rings. The number of rotatable bonds is 6. The lowest BCUT2D eigenvalue weighted by Gasteiger charge is -2.28. The second-order valence-electron chi connectivity index (χ2n) is 7.75. The third kappa shape index (κ3) is 4.83. The van der Waals surface area contributed by atoms with Gasteiger partial charge in [0.25, 0.3) is 0 Å². The molecule has 4 rings (SSSR count). The number of piperidine rings is 1. The van der Waals surface area contributed by atoms with Crippen molar-refractivity contribution in [2.75, 3.05) is 28.6 Å². The first-order valence-corrected chi connectivity index (χ1v) is 10.4. The van der Waals surface area contributed by atoms with Crippen LogP contribution in [0.15, 0.2) is 54.7 Å². The van der Waals surface area contributed by atoms with E-state index < -0.39 is 0 Å². The molecule has 0 radical (unpaired) electrons. The molecule has 1 aliphatic heterocycles. The molecule has 0 bridgehead atoms. The van der Waals surface area contributed by atoms with E-state index in [9.17, 15) is 0 Å². The van der Waals surface area contributed by atoms with E-state index in [4.69, 9.17) is 0 Å². The van der Waals surface area contributed by atoms with Crippen molar-refractivity contribution in [1.29, 1.82) is 0 Å². The minimum absolute atomic E-state index is 0.421. The van der Waals surface area contributed by atoms with Crippen molar-refractivity contribution in [3.8, 4) is 0 Å². The summed E-state index contributed by atoms with van der Waals surface area (Å²) in [6.07, 6.45) is 5.53. The molecule has 2 N–H and O–H groups in total. The van der Waals surface area contributed by atoms with Gasteiger partial charge in [0.05, 0.1) is 6.20 Å². The largest absolute Gasteiger partial charge is 0.372 e. The van der Waals surface area contributed by atoms with Crippen LogP contribution in [0.1, 0.15) is 44.6 Å². The molecule has 6 nitrogen and oxygen atoms in total. The summed E-state index contributed by atoms with van der Waals surface area (Å²) in [5.41, 5.74) is 4.51. The standard InChI is InChI=1S/C23H28N6/c1-17(2)20-8-4-5-9-21(20)26-22-16-24-28-23(27-22)25-18-10-12-19(13-11-18)29-14-6-3-7-15-29/h4-5,8-13,16-17H,3,6-7,14-15H2,1-2H3,(H2,25,26,27,28). The number of aromatic nitrogens is 3. The Kier molecular flexibility index (Phi) is 5.89. The van der Waals surface area contributed by atoms with Crippen LogP contribution in [0.2, 0.25) is 0 Å². The van der Waals surface area contributed by atoms with Gasteiger partial charge < -0.3 is 15.5 Å². The predicted molar refractivity (Wildman–Crippen MR) is 119 cm³/mol. The van der Waals surface area contributed by atoms with Crippen LogP contribution in [0.3, 0.4) is 0 Å². The second-order valence-corrected chi connectivity index (χ2v) is 7.75. The zero-order chi connectivity index (χ0) is 20.1. The van der Waals surface area contributed by atoms with Crippen molar-refractivity contribution in [1.82, 2.24) is 15.2 Å². The summed E-state index contributed by atoms with van der Waals surface area (Å²) in [5, 5.41) is 14.8. The van der Waals surface area contributed by atoms with Crippen LogP contribution in [-0.2, 0) is 0 Å². The summed E-state index contributed by atoms with van der Waals surface area (Å²) < 4.78 is 0. The van der Waals surface area contributed by atoms with E-state index in [0.29, 0.717) is 17.7 Å². The number of nitrogens with zero attached hydrogens (tertiary/aromatic N) is 4. The van der Waals surface area contributed by atoms with Crippen molar-refractivity contribution >= 4 is 28.8 Å². The Bertz CT molecular complexity index is 932. The smallest absolute Gasteiger partial charge is 0.249 e. The zero-order valence-electron chi connectivity index (χ0n) is 17.1. The van der Waals surface area contributed by atoms with Crippen LogP contribution >= 0.6 is 0 Å². The minimum atomic E-state index is 0.421. The van der Waals surface area contributed by atoms with Gasteiger partial charge >= 0.3 is 0 Å². The molecule has 1 saturated heterocycles. The lowest BCUT2D eigenvalue weighted by molar-refractivity contribution is 0.578. The summed E-state index contributed by atoms with van der Waals surface area (Å²) in [6, 6.07) is 16.7. The Balaban J connectivity index is 1.45. The van der Waals surface area contributed by atoms with E-state index in [1.807, 2.05) is 6.07 Å². The molecule has 0 unspecified atom stereocenters. The summed E-state index contributed by atoms with van der Waals surface area (Å²) in [5.74, 6) is 1.56. The first kappa shape index (κ1) is 19.2. The second kappa shape index (κ2) is 8.90. The van der Waals surface area contributed by atoms with Gasteiger partial charge in [-0.05, 0) is 61.1 Å². The molecule has 0 saturated carbocycles. The molecule has 2 aromatic carbocycles. The van der Waals surface area contributed by atoms with Crippen molar-refractivity contribution in [3.05, 3.63) is 60.3 Å². The first-order chi connectivity index (χ1) is 14.2. The van der Waals surface area contributed by atoms with Crippen LogP contribution in [0.25, 0.3) is 0 Å². The Morgan fingerprint density at radius 3 is 2.41 bits per heavy atom. The Morgan fingerprint density at radius 2 is 1.66 bits per heavy atom. The summed E-state index contributed by atoms with van der Waals surface area (Å²) >= 11 is 0. The molecule has 1 fully saturated rings. The van der Waals surface area contributed by atoms with Crippen LogP contribution in [-0.4, -0.2) is 28.3 Å². The molecule has 29 heavy (non-hydrogen) atoms. The van der Waals surface area contributed by atoms with E-state index in [2.05, 4.69) is 87.0 Å². The average molecular weight is 389 g/mol. The van der Waals surface area contributed by atoms with Crippen molar-refractivity contribution < 1.29 is 0 Å². The van der Waals surface area contributed by atoms with Crippen LogP contribution in [0, 0.1) is 0 Å². The maximum atomic E-state index is 4.57. The predicted octanol–water partition coefficient (Wildman–Crippen LogP) is 5.47. The maximum absolute atomic E-state index is 4.57. The van der Waals surface area contributed by atoms with E-state index in [0.717, 1.165) is 24.5 Å². The first-order valence-electron chi connectivity index (χ1n) is 10.4. The average Bonchev–Trinajstić information content (AvgIpc) is 2.75. The summed E-state index contributed by atoms with van der Waals surface area (Å²) in [7, 11) is 0. The van der Waals surface area contributed by atoms with Crippen LogP contribution in [0.4, 0.5) is 28.8 Å². The van der Waals surface area contributed by atoms with Gasteiger partial charge in [-0.1, -0.05) is 32.0 Å². The molecular formula is C23H28N6. The highest BCUT2D eigenvalue weighted by atomic mass is 15.3. The molecule has 0 amide bonds. The van der Waals surface area contributed by atoms with Crippen molar-refractivity contribution in [3.63, 3.8) is 0 Å². The van der Waals surface area contributed by atoms with Crippen molar-refractivity contribution in [2.24, 2.45) is 0 Å². The minimum Gasteiger partial charge on any atom is -0.372 e. The number of anilines is 5. The third-order valence-corrected chi connectivity index (χ3v) is 5.25. The number of hydrogen-bond donors (Lipinski definition) is 2. The fraction of sp³-hybridized carbons (Fsp3) is 0.348. The molecule has 6 heteroatoms. The van der Waals surface area contributed by atoms with E-state index in [1.165, 1.54) is 30.5 Å². The van der Waals surface area contributed by atoms with Crippen molar-refractivity contribution in [2.45, 2.75) is 39.0 Å². The number of nitrogens with one attached hydrogen (secondary N) is 2. The van der Waals surface area contributed by atoms with Crippen LogP contribution < -0.4 is 15.5 Å². The maximum Gasteiger partial charge on any atom is 0.249 e. The van der Waals surface area contributed by atoms with Gasteiger partial charge in [-0.3, -0.25) is 0 Å². The van der Waals surface area contributed by atoms with Gasteiger partial charge in [0, 0.05) is 30.2 Å². The SMILES string of the molecule is CC(C)c1ccccc1Nc1cnnc(Nc2ccc(N3CCCCC3)cc2)n1.